The van der Waals surface area contributed by atoms with Crippen LogP contribution in [0, 0.1) is 11.3 Å². The number of rotatable bonds is 3. The lowest BCUT2D eigenvalue weighted by atomic mass is 10.1. The highest BCUT2D eigenvalue weighted by atomic mass is 35.5. The lowest BCUT2D eigenvalue weighted by molar-refractivity contribution is 0.314. The standard InChI is InChI=1S/C14H18ClN3/c1-17-7-3-4-13(17)10-18(2)14-6-5-12(15)8-11(14)9-16/h5-6,8,13H,3-4,7,10H2,1-2H3. The monoisotopic (exact) mass is 263 g/mol. The van der Waals surface area contributed by atoms with Crippen molar-refractivity contribution < 1.29 is 0 Å². The Morgan fingerprint density at radius 2 is 2.33 bits per heavy atom. The zero-order valence-electron chi connectivity index (χ0n) is 10.9. The van der Waals surface area contributed by atoms with E-state index in [2.05, 4.69) is 22.9 Å². The molecular weight excluding hydrogens is 246 g/mol. The number of hydrogen-bond donors (Lipinski definition) is 0. The second-order valence-corrected chi connectivity index (χ2v) is 5.37. The van der Waals surface area contributed by atoms with Gasteiger partial charge in [-0.25, -0.2) is 0 Å². The number of likely N-dealkylation sites (tertiary alicyclic amines) is 1. The Labute approximate surface area is 114 Å². The zero-order valence-corrected chi connectivity index (χ0v) is 11.6. The molecule has 0 aromatic heterocycles. The third kappa shape index (κ3) is 2.77. The molecule has 1 aromatic rings. The van der Waals surface area contributed by atoms with Crippen LogP contribution in [0.25, 0.3) is 0 Å². The van der Waals surface area contributed by atoms with Gasteiger partial charge in [-0.1, -0.05) is 11.6 Å². The molecule has 1 saturated heterocycles. The average Bonchev–Trinajstić information content (AvgIpc) is 2.74. The first-order chi connectivity index (χ1) is 8.61. The van der Waals surface area contributed by atoms with E-state index in [9.17, 15) is 0 Å². The summed E-state index contributed by atoms with van der Waals surface area (Å²) in [6.45, 7) is 2.12. The predicted molar refractivity (Wildman–Crippen MR) is 75.1 cm³/mol. The van der Waals surface area contributed by atoms with Crippen molar-refractivity contribution in [2.45, 2.75) is 18.9 Å². The number of halogens is 1. The third-order valence-electron chi connectivity index (χ3n) is 3.65. The molecule has 3 nitrogen and oxygen atoms in total. The average molecular weight is 264 g/mol. The number of benzene rings is 1. The Balaban J connectivity index is 2.13. The van der Waals surface area contributed by atoms with Crippen LogP contribution < -0.4 is 4.90 Å². The highest BCUT2D eigenvalue weighted by Gasteiger charge is 2.22. The lowest BCUT2D eigenvalue weighted by Gasteiger charge is -2.27. The minimum Gasteiger partial charge on any atom is -0.372 e. The lowest BCUT2D eigenvalue weighted by Crippen LogP contribution is -2.36. The van der Waals surface area contributed by atoms with Gasteiger partial charge in [-0.2, -0.15) is 5.26 Å². The van der Waals surface area contributed by atoms with Gasteiger partial charge >= 0.3 is 0 Å². The molecule has 0 amide bonds. The molecule has 1 fully saturated rings. The van der Waals surface area contributed by atoms with Crippen LogP contribution in [-0.4, -0.2) is 38.1 Å². The molecule has 18 heavy (non-hydrogen) atoms. The molecular formula is C14H18ClN3. The molecule has 4 heteroatoms. The van der Waals surface area contributed by atoms with Crippen molar-refractivity contribution in [2.75, 3.05) is 32.1 Å². The largest absolute Gasteiger partial charge is 0.372 e. The maximum Gasteiger partial charge on any atom is 0.101 e. The van der Waals surface area contributed by atoms with Crippen molar-refractivity contribution in [1.82, 2.24) is 4.90 Å². The molecule has 0 aliphatic carbocycles. The van der Waals surface area contributed by atoms with Crippen LogP contribution in [0.2, 0.25) is 5.02 Å². The van der Waals surface area contributed by atoms with Gasteiger partial charge < -0.3 is 9.80 Å². The summed E-state index contributed by atoms with van der Waals surface area (Å²) in [7, 11) is 4.20. The Kier molecular flexibility index (Phi) is 4.11. The van der Waals surface area contributed by atoms with E-state index in [1.54, 1.807) is 6.07 Å². The van der Waals surface area contributed by atoms with Crippen molar-refractivity contribution >= 4 is 17.3 Å². The number of likely N-dealkylation sites (N-methyl/N-ethyl adjacent to an activating group) is 2. The molecule has 1 aliphatic heterocycles. The van der Waals surface area contributed by atoms with Crippen LogP contribution in [-0.2, 0) is 0 Å². The second-order valence-electron chi connectivity index (χ2n) is 4.93. The first kappa shape index (κ1) is 13.2. The van der Waals surface area contributed by atoms with Crippen LogP contribution in [0.1, 0.15) is 18.4 Å². The van der Waals surface area contributed by atoms with Gasteiger partial charge in [0.1, 0.15) is 6.07 Å². The van der Waals surface area contributed by atoms with E-state index in [0.717, 1.165) is 12.2 Å². The van der Waals surface area contributed by atoms with Crippen LogP contribution in [0.4, 0.5) is 5.69 Å². The van der Waals surface area contributed by atoms with Crippen molar-refractivity contribution in [3.8, 4) is 6.07 Å². The van der Waals surface area contributed by atoms with Crippen molar-refractivity contribution in [2.24, 2.45) is 0 Å². The topological polar surface area (TPSA) is 30.3 Å². The van der Waals surface area contributed by atoms with Gasteiger partial charge in [-0.15, -0.1) is 0 Å². The zero-order chi connectivity index (χ0) is 13.1. The molecule has 0 N–H and O–H groups in total. The molecule has 1 aliphatic rings. The highest BCUT2D eigenvalue weighted by molar-refractivity contribution is 6.30. The molecule has 96 valence electrons. The van der Waals surface area contributed by atoms with Crippen molar-refractivity contribution in [3.63, 3.8) is 0 Å². The van der Waals surface area contributed by atoms with Gasteiger partial charge in [0.15, 0.2) is 0 Å². The van der Waals surface area contributed by atoms with E-state index in [4.69, 9.17) is 16.9 Å². The predicted octanol–water partition coefficient (Wildman–Crippen LogP) is 2.74. The third-order valence-corrected chi connectivity index (χ3v) is 3.88. The summed E-state index contributed by atoms with van der Waals surface area (Å²) >= 11 is 5.92. The van der Waals surface area contributed by atoms with Gasteiger partial charge in [0.2, 0.25) is 0 Å². The van der Waals surface area contributed by atoms with Crippen molar-refractivity contribution in [1.29, 1.82) is 5.26 Å². The summed E-state index contributed by atoms with van der Waals surface area (Å²) in [6.07, 6.45) is 2.50. The fourth-order valence-corrected chi connectivity index (χ4v) is 2.73. The number of hydrogen-bond acceptors (Lipinski definition) is 3. The summed E-state index contributed by atoms with van der Waals surface area (Å²) in [6, 6.07) is 8.29. The minimum absolute atomic E-state index is 0.581. The summed E-state index contributed by atoms with van der Waals surface area (Å²) in [4.78, 5) is 4.54. The van der Waals surface area contributed by atoms with Crippen LogP contribution in [0.3, 0.4) is 0 Å². The highest BCUT2D eigenvalue weighted by Crippen LogP contribution is 2.24. The van der Waals surface area contributed by atoms with Crippen LogP contribution >= 0.6 is 11.6 Å². The molecule has 0 radical (unpaired) electrons. The van der Waals surface area contributed by atoms with Crippen molar-refractivity contribution in [3.05, 3.63) is 28.8 Å². The molecule has 2 rings (SSSR count). The Hall–Kier alpha value is -1.24. The van der Waals surface area contributed by atoms with Gasteiger partial charge in [0.05, 0.1) is 11.3 Å². The van der Waals surface area contributed by atoms with E-state index >= 15 is 0 Å². The smallest absolute Gasteiger partial charge is 0.101 e. The van der Waals surface area contributed by atoms with Gasteiger partial charge in [-0.3, -0.25) is 0 Å². The maximum atomic E-state index is 9.16. The summed E-state index contributed by atoms with van der Waals surface area (Å²) in [5, 5.41) is 9.77. The second kappa shape index (κ2) is 5.60. The first-order valence-corrected chi connectivity index (χ1v) is 6.60. The summed E-state index contributed by atoms with van der Waals surface area (Å²) in [5.74, 6) is 0. The molecule has 1 unspecified atom stereocenters. The van der Waals surface area contributed by atoms with Crippen LogP contribution in [0.15, 0.2) is 18.2 Å². The molecule has 1 aromatic carbocycles. The quantitative estimate of drug-likeness (QED) is 0.840. The fourth-order valence-electron chi connectivity index (χ4n) is 2.56. The molecule has 1 atom stereocenters. The summed E-state index contributed by atoms with van der Waals surface area (Å²) in [5.41, 5.74) is 1.60. The molecule has 0 saturated carbocycles. The summed E-state index contributed by atoms with van der Waals surface area (Å²) < 4.78 is 0. The van der Waals surface area contributed by atoms with E-state index in [1.165, 1.54) is 19.4 Å². The maximum absolute atomic E-state index is 9.16. The van der Waals surface area contributed by atoms with Gasteiger partial charge in [0, 0.05) is 24.7 Å². The Morgan fingerprint density at radius 1 is 1.56 bits per heavy atom. The van der Waals surface area contributed by atoms with E-state index in [1.807, 2.05) is 19.2 Å². The fraction of sp³-hybridized carbons (Fsp3) is 0.500. The first-order valence-electron chi connectivity index (χ1n) is 6.23. The molecule has 0 spiro atoms. The van der Waals surface area contributed by atoms with E-state index < -0.39 is 0 Å². The number of nitriles is 1. The van der Waals surface area contributed by atoms with Gasteiger partial charge in [0.25, 0.3) is 0 Å². The van der Waals surface area contributed by atoms with E-state index in [-0.39, 0.29) is 0 Å². The van der Waals surface area contributed by atoms with E-state index in [0.29, 0.717) is 16.6 Å². The van der Waals surface area contributed by atoms with Gasteiger partial charge in [-0.05, 0) is 44.6 Å². The Morgan fingerprint density at radius 3 is 2.94 bits per heavy atom. The minimum atomic E-state index is 0.581. The van der Waals surface area contributed by atoms with Crippen LogP contribution in [0.5, 0.6) is 0 Å². The SMILES string of the molecule is CN(CC1CCCN1C)c1ccc(Cl)cc1C#N. The molecule has 0 bridgehead atoms. The Bertz CT molecular complexity index is 467. The number of nitrogens with zero attached hydrogens (tertiary/aromatic N) is 3. The number of anilines is 1. The molecule has 1 heterocycles. The normalized spacial score (nSPS) is 19.8.